The first-order valence-corrected chi connectivity index (χ1v) is 7.24. The van der Waals surface area contributed by atoms with E-state index in [1.165, 1.54) is 18.7 Å². The van der Waals surface area contributed by atoms with Gasteiger partial charge in [0.1, 0.15) is 5.78 Å². The van der Waals surface area contributed by atoms with E-state index in [1.54, 1.807) is 6.92 Å². The molecular formula is C14H17N3O2S. The van der Waals surface area contributed by atoms with Crippen molar-refractivity contribution >= 4 is 34.5 Å². The Hall–Kier alpha value is -1.82. The summed E-state index contributed by atoms with van der Waals surface area (Å²) in [4.78, 5) is 30.3. The summed E-state index contributed by atoms with van der Waals surface area (Å²) in [5.41, 5.74) is 3.00. The van der Waals surface area contributed by atoms with Crippen LogP contribution in [0.2, 0.25) is 0 Å². The summed E-state index contributed by atoms with van der Waals surface area (Å²) >= 11 is 1.34. The first kappa shape index (κ1) is 14.6. The number of imidazole rings is 1. The minimum absolute atomic E-state index is 0.0604. The van der Waals surface area contributed by atoms with Gasteiger partial charge in [-0.2, -0.15) is 0 Å². The van der Waals surface area contributed by atoms with Crippen molar-refractivity contribution in [2.24, 2.45) is 0 Å². The van der Waals surface area contributed by atoms with E-state index in [4.69, 9.17) is 0 Å². The Morgan fingerprint density at radius 2 is 2.20 bits per heavy atom. The molecule has 0 unspecified atom stereocenters. The number of benzene rings is 1. The van der Waals surface area contributed by atoms with Crippen LogP contribution in [0, 0.1) is 6.92 Å². The zero-order chi connectivity index (χ0) is 14.7. The van der Waals surface area contributed by atoms with E-state index in [9.17, 15) is 9.59 Å². The Bertz CT molecular complexity index is 651. The third-order valence-corrected chi connectivity index (χ3v) is 3.77. The Labute approximate surface area is 121 Å². The quantitative estimate of drug-likeness (QED) is 0.827. The van der Waals surface area contributed by atoms with Crippen LogP contribution in [0.1, 0.15) is 19.4 Å². The molecule has 0 fully saturated rings. The maximum Gasteiger partial charge on any atom is 0.233 e. The van der Waals surface area contributed by atoms with Crippen molar-refractivity contribution in [1.82, 2.24) is 15.3 Å². The van der Waals surface area contributed by atoms with Crippen molar-refractivity contribution in [2.75, 3.05) is 6.54 Å². The smallest absolute Gasteiger partial charge is 0.233 e. The van der Waals surface area contributed by atoms with Crippen molar-refractivity contribution in [3.05, 3.63) is 23.8 Å². The molecule has 1 aromatic heterocycles. The number of ketones is 1. The van der Waals surface area contributed by atoms with Crippen LogP contribution in [0.4, 0.5) is 0 Å². The number of amides is 1. The fraction of sp³-hybridized carbons (Fsp3) is 0.357. The fourth-order valence-electron chi connectivity index (χ4n) is 1.73. The van der Waals surface area contributed by atoms with Gasteiger partial charge < -0.3 is 10.3 Å². The number of H-pyrrole nitrogens is 1. The summed E-state index contributed by atoms with van der Waals surface area (Å²) in [6.45, 7) is 5.33. The van der Waals surface area contributed by atoms with Crippen molar-refractivity contribution in [1.29, 1.82) is 0 Å². The minimum Gasteiger partial charge on any atom is -0.348 e. The van der Waals surface area contributed by atoms with Crippen LogP contribution in [-0.4, -0.2) is 33.5 Å². The third-order valence-electron chi connectivity index (χ3n) is 2.78. The number of hydrogen-bond donors (Lipinski definition) is 2. The molecule has 1 atom stereocenters. The normalized spacial score (nSPS) is 12.3. The molecule has 5 nitrogen and oxygen atoms in total. The predicted octanol–water partition coefficient (Wildman–Crippen LogP) is 2.06. The number of hydrogen-bond acceptors (Lipinski definition) is 4. The molecule has 6 heteroatoms. The molecule has 2 N–H and O–H groups in total. The maximum absolute atomic E-state index is 11.8. The second-order valence-electron chi connectivity index (χ2n) is 4.74. The van der Waals surface area contributed by atoms with Crippen LogP contribution >= 0.6 is 11.8 Å². The van der Waals surface area contributed by atoms with Gasteiger partial charge in [0.15, 0.2) is 5.16 Å². The van der Waals surface area contributed by atoms with E-state index in [0.717, 1.165) is 16.6 Å². The molecule has 0 aliphatic carbocycles. The van der Waals surface area contributed by atoms with Gasteiger partial charge in [0.05, 0.1) is 22.8 Å². The lowest BCUT2D eigenvalue weighted by atomic mass is 10.2. The summed E-state index contributed by atoms with van der Waals surface area (Å²) in [7, 11) is 0. The Morgan fingerprint density at radius 1 is 1.45 bits per heavy atom. The molecule has 0 aliphatic heterocycles. The monoisotopic (exact) mass is 291 g/mol. The zero-order valence-corrected chi connectivity index (χ0v) is 12.5. The highest BCUT2D eigenvalue weighted by molar-refractivity contribution is 8.00. The molecule has 2 aromatic rings. The SMILES string of the molecule is CC(=O)CNC(=O)[C@H](C)Sc1nc2ccc(C)cc2[nH]1. The van der Waals surface area contributed by atoms with Crippen LogP contribution in [-0.2, 0) is 9.59 Å². The summed E-state index contributed by atoms with van der Waals surface area (Å²) in [5.74, 6) is -0.225. The molecule has 20 heavy (non-hydrogen) atoms. The number of fused-ring (bicyclic) bond motifs is 1. The van der Waals surface area contributed by atoms with Crippen molar-refractivity contribution in [3.8, 4) is 0 Å². The second-order valence-corrected chi connectivity index (χ2v) is 6.07. The molecule has 1 heterocycles. The molecule has 1 amide bonds. The number of carbonyl (C=O) groups excluding carboxylic acids is 2. The Balaban J connectivity index is 2.03. The molecule has 0 aliphatic rings. The van der Waals surface area contributed by atoms with Gasteiger partial charge in [0.2, 0.25) is 5.91 Å². The Kier molecular flexibility index (Phi) is 4.44. The van der Waals surface area contributed by atoms with Gasteiger partial charge in [0, 0.05) is 0 Å². The van der Waals surface area contributed by atoms with Crippen molar-refractivity contribution < 1.29 is 9.59 Å². The molecule has 1 aromatic carbocycles. The van der Waals surface area contributed by atoms with Gasteiger partial charge in [-0.1, -0.05) is 17.8 Å². The number of carbonyl (C=O) groups is 2. The lowest BCUT2D eigenvalue weighted by Crippen LogP contribution is -2.34. The number of rotatable bonds is 5. The van der Waals surface area contributed by atoms with Gasteiger partial charge in [-0.05, 0) is 38.5 Å². The highest BCUT2D eigenvalue weighted by Gasteiger charge is 2.16. The van der Waals surface area contributed by atoms with Gasteiger partial charge in [0.25, 0.3) is 0 Å². The first-order valence-electron chi connectivity index (χ1n) is 6.36. The van der Waals surface area contributed by atoms with Crippen LogP contribution in [0.15, 0.2) is 23.4 Å². The molecule has 0 saturated heterocycles. The van der Waals surface area contributed by atoms with Crippen LogP contribution in [0.25, 0.3) is 11.0 Å². The standard InChI is InChI=1S/C14H17N3O2S/c1-8-4-5-11-12(6-8)17-14(16-11)20-10(3)13(19)15-7-9(2)18/h4-6,10H,7H2,1-3H3,(H,15,19)(H,16,17)/t10-/m0/s1. The van der Waals surface area contributed by atoms with E-state index in [2.05, 4.69) is 15.3 Å². The van der Waals surface area contributed by atoms with Crippen molar-refractivity contribution in [3.63, 3.8) is 0 Å². The molecular weight excluding hydrogens is 274 g/mol. The number of aryl methyl sites for hydroxylation is 1. The lowest BCUT2D eigenvalue weighted by Gasteiger charge is -2.08. The summed E-state index contributed by atoms with van der Waals surface area (Å²) in [6.07, 6.45) is 0. The molecule has 0 saturated carbocycles. The van der Waals surface area contributed by atoms with E-state index in [0.29, 0.717) is 5.16 Å². The predicted molar refractivity (Wildman–Crippen MR) is 79.8 cm³/mol. The first-order chi connectivity index (χ1) is 9.45. The van der Waals surface area contributed by atoms with Gasteiger partial charge in [-0.25, -0.2) is 4.98 Å². The van der Waals surface area contributed by atoms with Gasteiger partial charge in [-0.15, -0.1) is 0 Å². The van der Waals surface area contributed by atoms with Gasteiger partial charge in [-0.3, -0.25) is 9.59 Å². The van der Waals surface area contributed by atoms with Crippen LogP contribution < -0.4 is 5.32 Å². The molecule has 2 rings (SSSR count). The average Bonchev–Trinajstić information content (AvgIpc) is 2.76. The van der Waals surface area contributed by atoms with E-state index in [-0.39, 0.29) is 23.5 Å². The number of aromatic amines is 1. The van der Waals surface area contributed by atoms with E-state index in [1.807, 2.05) is 25.1 Å². The Morgan fingerprint density at radius 3 is 2.90 bits per heavy atom. The topological polar surface area (TPSA) is 74.8 Å². The van der Waals surface area contributed by atoms with Crippen molar-refractivity contribution in [2.45, 2.75) is 31.2 Å². The number of aromatic nitrogens is 2. The third kappa shape index (κ3) is 3.60. The number of Topliss-reactive ketones (excluding diaryl/α,β-unsaturated/α-hetero) is 1. The summed E-state index contributed by atoms with van der Waals surface area (Å²) in [5, 5.41) is 2.99. The number of thioether (sulfide) groups is 1. The van der Waals surface area contributed by atoms with E-state index < -0.39 is 0 Å². The summed E-state index contributed by atoms with van der Waals surface area (Å²) < 4.78 is 0. The maximum atomic E-state index is 11.8. The second kappa shape index (κ2) is 6.09. The fourth-order valence-corrected chi connectivity index (χ4v) is 2.58. The van der Waals surface area contributed by atoms with E-state index >= 15 is 0 Å². The van der Waals surface area contributed by atoms with Gasteiger partial charge >= 0.3 is 0 Å². The molecule has 0 bridgehead atoms. The van der Waals surface area contributed by atoms with Crippen LogP contribution in [0.3, 0.4) is 0 Å². The molecule has 0 spiro atoms. The minimum atomic E-state index is -0.309. The lowest BCUT2D eigenvalue weighted by molar-refractivity contribution is -0.123. The molecule has 0 radical (unpaired) electrons. The van der Waals surface area contributed by atoms with Crippen LogP contribution in [0.5, 0.6) is 0 Å². The molecule has 106 valence electrons. The summed E-state index contributed by atoms with van der Waals surface area (Å²) in [6, 6.07) is 5.97. The average molecular weight is 291 g/mol. The number of nitrogens with one attached hydrogen (secondary N) is 2. The number of nitrogens with zero attached hydrogens (tertiary/aromatic N) is 1. The largest absolute Gasteiger partial charge is 0.348 e. The zero-order valence-electron chi connectivity index (χ0n) is 11.7. The highest BCUT2D eigenvalue weighted by atomic mass is 32.2. The highest BCUT2D eigenvalue weighted by Crippen LogP contribution is 2.23.